The van der Waals surface area contributed by atoms with Gasteiger partial charge in [-0.15, -0.1) is 0 Å². The summed E-state index contributed by atoms with van der Waals surface area (Å²) in [5, 5.41) is 1.17. The van der Waals surface area contributed by atoms with Crippen molar-refractivity contribution in [1.82, 2.24) is 4.98 Å². The lowest BCUT2D eigenvalue weighted by Crippen LogP contribution is -2.22. The molecule has 108 valence electrons. The predicted molar refractivity (Wildman–Crippen MR) is 84.2 cm³/mol. The van der Waals surface area contributed by atoms with Gasteiger partial charge in [0.2, 0.25) is 0 Å². The zero-order valence-corrected chi connectivity index (χ0v) is 12.9. The Bertz CT molecular complexity index is 600. The van der Waals surface area contributed by atoms with Crippen LogP contribution in [0, 0.1) is 6.92 Å². The summed E-state index contributed by atoms with van der Waals surface area (Å²) in [6.45, 7) is 8.91. The second-order valence-electron chi connectivity index (χ2n) is 6.21. The third kappa shape index (κ3) is 3.70. The highest BCUT2D eigenvalue weighted by atomic mass is 16.5. The van der Waals surface area contributed by atoms with Crippen molar-refractivity contribution in [2.45, 2.75) is 46.1 Å². The average molecular weight is 272 g/mol. The highest BCUT2D eigenvalue weighted by Crippen LogP contribution is 2.26. The smallest absolute Gasteiger partial charge is 0.120 e. The van der Waals surface area contributed by atoms with Gasteiger partial charge in [-0.1, -0.05) is 0 Å². The number of benzene rings is 1. The molecule has 0 aliphatic heterocycles. The molecule has 0 saturated heterocycles. The lowest BCUT2D eigenvalue weighted by Gasteiger charge is -2.21. The largest absolute Gasteiger partial charge is 0.488 e. The van der Waals surface area contributed by atoms with Crippen LogP contribution < -0.4 is 10.5 Å². The first-order chi connectivity index (χ1) is 9.39. The van der Waals surface area contributed by atoms with E-state index in [9.17, 15) is 0 Å². The Morgan fingerprint density at radius 3 is 2.60 bits per heavy atom. The first kappa shape index (κ1) is 14.8. The highest BCUT2D eigenvalue weighted by Gasteiger charge is 2.13. The van der Waals surface area contributed by atoms with E-state index in [2.05, 4.69) is 37.9 Å². The number of aromatic nitrogens is 1. The summed E-state index contributed by atoms with van der Waals surface area (Å²) in [7, 11) is 0. The second-order valence-corrected chi connectivity index (χ2v) is 6.21. The number of aryl methyl sites for hydroxylation is 2. The monoisotopic (exact) mass is 272 g/mol. The predicted octanol–water partition coefficient (Wildman–Crippen LogP) is 3.61. The minimum atomic E-state index is -0.191. The van der Waals surface area contributed by atoms with Crippen molar-refractivity contribution in [3.63, 3.8) is 0 Å². The fourth-order valence-corrected chi connectivity index (χ4v) is 2.34. The van der Waals surface area contributed by atoms with Gasteiger partial charge in [0, 0.05) is 11.1 Å². The van der Waals surface area contributed by atoms with Gasteiger partial charge in [-0.25, -0.2) is 0 Å². The minimum absolute atomic E-state index is 0.191. The van der Waals surface area contributed by atoms with E-state index in [1.165, 1.54) is 10.9 Å². The zero-order valence-electron chi connectivity index (χ0n) is 12.9. The molecule has 2 aromatic rings. The molecule has 0 atom stereocenters. The van der Waals surface area contributed by atoms with Crippen LogP contribution in [0.5, 0.6) is 5.75 Å². The van der Waals surface area contributed by atoms with Gasteiger partial charge < -0.3 is 10.5 Å². The quantitative estimate of drug-likeness (QED) is 0.925. The van der Waals surface area contributed by atoms with Crippen molar-refractivity contribution in [3.05, 3.63) is 35.5 Å². The Morgan fingerprint density at radius 1 is 1.20 bits per heavy atom. The Morgan fingerprint density at radius 2 is 1.95 bits per heavy atom. The van der Waals surface area contributed by atoms with Gasteiger partial charge in [-0.3, -0.25) is 4.98 Å². The summed E-state index contributed by atoms with van der Waals surface area (Å²) in [5.74, 6) is 0.893. The molecule has 2 rings (SSSR count). The lowest BCUT2D eigenvalue weighted by molar-refractivity contribution is 0.131. The molecule has 0 bridgehead atoms. The first-order valence-corrected chi connectivity index (χ1v) is 7.18. The SMILES string of the molecule is Cc1cc(CCCN)c2cc(OC(C)(C)C)ccc2n1. The molecule has 1 aromatic heterocycles. The van der Waals surface area contributed by atoms with E-state index in [4.69, 9.17) is 10.5 Å². The van der Waals surface area contributed by atoms with Gasteiger partial charge in [0.1, 0.15) is 11.4 Å². The van der Waals surface area contributed by atoms with E-state index in [1.54, 1.807) is 0 Å². The maximum absolute atomic E-state index is 5.95. The number of hydrogen-bond donors (Lipinski definition) is 1. The summed E-state index contributed by atoms with van der Waals surface area (Å²) in [5.41, 5.74) is 8.82. The normalized spacial score (nSPS) is 11.8. The van der Waals surface area contributed by atoms with Gasteiger partial charge in [0.05, 0.1) is 5.52 Å². The molecule has 0 unspecified atom stereocenters. The van der Waals surface area contributed by atoms with Crippen molar-refractivity contribution < 1.29 is 4.74 Å². The van der Waals surface area contributed by atoms with Crippen molar-refractivity contribution >= 4 is 10.9 Å². The summed E-state index contributed by atoms with van der Waals surface area (Å²) in [6.07, 6.45) is 1.97. The van der Waals surface area contributed by atoms with Crippen LogP contribution in [0.2, 0.25) is 0 Å². The molecule has 0 fully saturated rings. The van der Waals surface area contributed by atoms with Crippen LogP contribution in [-0.2, 0) is 6.42 Å². The van der Waals surface area contributed by atoms with Crippen LogP contribution in [0.3, 0.4) is 0 Å². The molecule has 0 amide bonds. The summed E-state index contributed by atoms with van der Waals surface area (Å²) in [6, 6.07) is 8.28. The fraction of sp³-hybridized carbons (Fsp3) is 0.471. The Kier molecular flexibility index (Phi) is 4.29. The molecule has 3 nitrogen and oxygen atoms in total. The van der Waals surface area contributed by atoms with Crippen molar-refractivity contribution in [3.8, 4) is 5.75 Å². The van der Waals surface area contributed by atoms with Crippen LogP contribution in [0.15, 0.2) is 24.3 Å². The number of rotatable bonds is 4. The van der Waals surface area contributed by atoms with Gasteiger partial charge >= 0.3 is 0 Å². The molecule has 0 radical (unpaired) electrons. The van der Waals surface area contributed by atoms with Crippen LogP contribution >= 0.6 is 0 Å². The molecule has 2 N–H and O–H groups in total. The summed E-state index contributed by atoms with van der Waals surface area (Å²) in [4.78, 5) is 4.60. The first-order valence-electron chi connectivity index (χ1n) is 7.18. The van der Waals surface area contributed by atoms with Gasteiger partial charge in [0.15, 0.2) is 0 Å². The Labute approximate surface area is 121 Å². The molecule has 0 spiro atoms. The number of nitrogens with zero attached hydrogens (tertiary/aromatic N) is 1. The molecule has 0 aliphatic rings. The van der Waals surface area contributed by atoms with Gasteiger partial charge in [-0.05, 0) is 76.9 Å². The molecule has 1 heterocycles. The number of pyridine rings is 1. The van der Waals surface area contributed by atoms with E-state index in [0.29, 0.717) is 6.54 Å². The van der Waals surface area contributed by atoms with Crippen molar-refractivity contribution in [2.24, 2.45) is 5.73 Å². The maximum Gasteiger partial charge on any atom is 0.120 e. The Balaban J connectivity index is 2.45. The van der Waals surface area contributed by atoms with Gasteiger partial charge in [-0.2, -0.15) is 0 Å². The second kappa shape index (κ2) is 5.80. The number of nitrogens with two attached hydrogens (primary N) is 1. The fourth-order valence-electron chi connectivity index (χ4n) is 2.34. The molecule has 0 saturated carbocycles. The molecule has 1 aromatic carbocycles. The van der Waals surface area contributed by atoms with Crippen LogP contribution in [0.4, 0.5) is 0 Å². The van der Waals surface area contributed by atoms with E-state index in [1.807, 2.05) is 19.1 Å². The highest BCUT2D eigenvalue weighted by molar-refractivity contribution is 5.84. The van der Waals surface area contributed by atoms with Crippen molar-refractivity contribution in [2.75, 3.05) is 6.54 Å². The molecular formula is C17H24N2O. The van der Waals surface area contributed by atoms with Crippen molar-refractivity contribution in [1.29, 1.82) is 0 Å². The molecule has 0 aliphatic carbocycles. The average Bonchev–Trinajstić information content (AvgIpc) is 2.34. The van der Waals surface area contributed by atoms with E-state index < -0.39 is 0 Å². The zero-order chi connectivity index (χ0) is 14.8. The Hall–Kier alpha value is -1.61. The van der Waals surface area contributed by atoms with Crippen LogP contribution in [0.25, 0.3) is 10.9 Å². The third-order valence-electron chi connectivity index (χ3n) is 3.07. The van der Waals surface area contributed by atoms with Crippen LogP contribution in [-0.4, -0.2) is 17.1 Å². The van der Waals surface area contributed by atoms with Gasteiger partial charge in [0.25, 0.3) is 0 Å². The minimum Gasteiger partial charge on any atom is -0.488 e. The van der Waals surface area contributed by atoms with E-state index in [0.717, 1.165) is 29.8 Å². The maximum atomic E-state index is 5.95. The third-order valence-corrected chi connectivity index (χ3v) is 3.07. The number of ether oxygens (including phenoxy) is 1. The number of fused-ring (bicyclic) bond motifs is 1. The lowest BCUT2D eigenvalue weighted by atomic mass is 10.0. The number of hydrogen-bond acceptors (Lipinski definition) is 3. The van der Waals surface area contributed by atoms with Crippen LogP contribution in [0.1, 0.15) is 38.4 Å². The molecule has 20 heavy (non-hydrogen) atoms. The standard InChI is InChI=1S/C17H24N2O/c1-12-10-13(6-5-9-18)15-11-14(20-17(2,3)4)7-8-16(15)19-12/h7-8,10-11H,5-6,9,18H2,1-4H3. The van der Waals surface area contributed by atoms with E-state index in [-0.39, 0.29) is 5.60 Å². The molecular weight excluding hydrogens is 248 g/mol. The summed E-state index contributed by atoms with van der Waals surface area (Å²) < 4.78 is 5.95. The van der Waals surface area contributed by atoms with E-state index >= 15 is 0 Å². The topological polar surface area (TPSA) is 48.1 Å². The summed E-state index contributed by atoms with van der Waals surface area (Å²) >= 11 is 0. The molecule has 3 heteroatoms.